The van der Waals surface area contributed by atoms with E-state index in [0.29, 0.717) is 13.2 Å². The zero-order chi connectivity index (χ0) is 9.66. The van der Waals surface area contributed by atoms with Crippen LogP contribution in [0.5, 0.6) is 0 Å². The number of nitrogens with two attached hydrogens (primary N) is 1. The molecule has 0 rings (SSSR count). The molecule has 0 saturated heterocycles. The maximum absolute atomic E-state index is 5.15. The van der Waals surface area contributed by atoms with Gasteiger partial charge in [-0.3, -0.25) is 0 Å². The summed E-state index contributed by atoms with van der Waals surface area (Å²) in [7, 11) is 0. The molecule has 12 heavy (non-hydrogen) atoms. The molecular formula is C9H17NO2. The predicted octanol–water partition coefficient (Wildman–Crippen LogP) is 1.79. The van der Waals surface area contributed by atoms with Crippen LogP contribution in [-0.4, -0.2) is 13.2 Å². The second kappa shape index (κ2) is 16.4. The van der Waals surface area contributed by atoms with Crippen LogP contribution >= 0.6 is 0 Å². The van der Waals surface area contributed by atoms with Gasteiger partial charge in [-0.1, -0.05) is 19.7 Å². The van der Waals surface area contributed by atoms with E-state index in [4.69, 9.17) is 10.5 Å². The van der Waals surface area contributed by atoms with Crippen molar-refractivity contribution < 1.29 is 9.47 Å². The zero-order valence-corrected chi connectivity index (χ0v) is 7.37. The van der Waals surface area contributed by atoms with Gasteiger partial charge in [0.2, 0.25) is 0 Å². The van der Waals surface area contributed by atoms with Gasteiger partial charge in [-0.25, -0.2) is 0 Å². The largest absolute Gasteiger partial charge is 0.502 e. The molecule has 0 radical (unpaired) electrons. The van der Waals surface area contributed by atoms with E-state index in [1.807, 2.05) is 0 Å². The Hall–Kier alpha value is -1.22. The lowest BCUT2D eigenvalue weighted by molar-refractivity contribution is 0.248. The van der Waals surface area contributed by atoms with Gasteiger partial charge in [0.1, 0.15) is 0 Å². The third-order valence-corrected chi connectivity index (χ3v) is 0.777. The van der Waals surface area contributed by atoms with Crippen LogP contribution in [0.1, 0.15) is 6.42 Å². The van der Waals surface area contributed by atoms with E-state index in [-0.39, 0.29) is 0 Å². The van der Waals surface area contributed by atoms with Crippen LogP contribution in [0.25, 0.3) is 0 Å². The minimum Gasteiger partial charge on any atom is -0.502 e. The molecule has 0 aromatic heterocycles. The van der Waals surface area contributed by atoms with Crippen molar-refractivity contribution in [3.05, 3.63) is 38.5 Å². The highest BCUT2D eigenvalue weighted by Crippen LogP contribution is 1.76. The first kappa shape index (κ1) is 13.4. The van der Waals surface area contributed by atoms with Crippen LogP contribution in [0.15, 0.2) is 38.5 Å². The molecule has 0 heterocycles. The first-order chi connectivity index (χ1) is 5.83. The zero-order valence-electron chi connectivity index (χ0n) is 7.37. The van der Waals surface area contributed by atoms with Crippen molar-refractivity contribution in [2.45, 2.75) is 6.42 Å². The first-order valence-electron chi connectivity index (χ1n) is 3.63. The molecule has 0 aromatic carbocycles. The minimum absolute atomic E-state index is 0.688. The maximum Gasteiger partial charge on any atom is 0.0885 e. The molecule has 0 aliphatic carbocycles. The topological polar surface area (TPSA) is 44.5 Å². The van der Waals surface area contributed by atoms with Gasteiger partial charge in [0.25, 0.3) is 0 Å². The molecule has 0 saturated carbocycles. The van der Waals surface area contributed by atoms with Crippen LogP contribution in [0.4, 0.5) is 0 Å². The average molecular weight is 171 g/mol. The fourth-order valence-corrected chi connectivity index (χ4v) is 0.318. The standard InChI is InChI=1S/C5H11NO.C4H6O/c1-2-7-5-3-4-6;1-3-5-4-2/h2H,1,3-6H2;3-4H,1-2H2. The van der Waals surface area contributed by atoms with Gasteiger partial charge in [0, 0.05) is 0 Å². The van der Waals surface area contributed by atoms with Crippen molar-refractivity contribution in [2.75, 3.05) is 13.2 Å². The molecule has 0 aliphatic heterocycles. The third-order valence-electron chi connectivity index (χ3n) is 0.777. The van der Waals surface area contributed by atoms with Crippen LogP contribution < -0.4 is 5.73 Å². The fourth-order valence-electron chi connectivity index (χ4n) is 0.318. The van der Waals surface area contributed by atoms with Gasteiger partial charge in [0.15, 0.2) is 0 Å². The number of hydrogen-bond donors (Lipinski definition) is 1. The second-order valence-corrected chi connectivity index (χ2v) is 1.65. The Labute approximate surface area is 74.2 Å². The minimum atomic E-state index is 0.688. The normalized spacial score (nSPS) is 7.08. The Bertz CT molecular complexity index is 107. The summed E-state index contributed by atoms with van der Waals surface area (Å²) < 4.78 is 9.12. The molecule has 3 nitrogen and oxygen atoms in total. The molecule has 70 valence electrons. The summed E-state index contributed by atoms with van der Waals surface area (Å²) in [5.74, 6) is 0. The summed E-state index contributed by atoms with van der Waals surface area (Å²) in [5, 5.41) is 0. The molecule has 0 spiro atoms. The van der Waals surface area contributed by atoms with Crippen molar-refractivity contribution in [1.29, 1.82) is 0 Å². The lowest BCUT2D eigenvalue weighted by atomic mass is 10.5. The second-order valence-electron chi connectivity index (χ2n) is 1.65. The van der Waals surface area contributed by atoms with Gasteiger partial charge < -0.3 is 15.2 Å². The molecule has 2 N–H and O–H groups in total. The summed E-state index contributed by atoms with van der Waals surface area (Å²) >= 11 is 0. The maximum atomic E-state index is 5.15. The molecule has 0 aliphatic rings. The highest BCUT2D eigenvalue weighted by atomic mass is 16.5. The number of rotatable bonds is 6. The monoisotopic (exact) mass is 171 g/mol. The lowest BCUT2D eigenvalue weighted by Crippen LogP contribution is -2.01. The van der Waals surface area contributed by atoms with Crippen molar-refractivity contribution >= 4 is 0 Å². The first-order valence-corrected chi connectivity index (χ1v) is 3.63. The van der Waals surface area contributed by atoms with E-state index in [1.54, 1.807) is 0 Å². The molecule has 0 amide bonds. The van der Waals surface area contributed by atoms with Gasteiger partial charge >= 0.3 is 0 Å². The van der Waals surface area contributed by atoms with Gasteiger partial charge in [-0.15, -0.1) is 0 Å². The number of ether oxygens (including phenoxy) is 2. The summed E-state index contributed by atoms with van der Waals surface area (Å²) in [6.07, 6.45) is 4.96. The van der Waals surface area contributed by atoms with E-state index in [0.717, 1.165) is 6.42 Å². The van der Waals surface area contributed by atoms with Crippen LogP contribution in [-0.2, 0) is 9.47 Å². The highest BCUT2D eigenvalue weighted by Gasteiger charge is 1.76. The fraction of sp³-hybridized carbons (Fsp3) is 0.333. The Balaban J connectivity index is 0. The van der Waals surface area contributed by atoms with Gasteiger partial charge in [-0.2, -0.15) is 0 Å². The van der Waals surface area contributed by atoms with Crippen molar-refractivity contribution in [1.82, 2.24) is 0 Å². The molecule has 0 unspecified atom stereocenters. The molecule has 0 aromatic rings. The van der Waals surface area contributed by atoms with Crippen LogP contribution in [0, 0.1) is 0 Å². The van der Waals surface area contributed by atoms with Gasteiger partial charge in [-0.05, 0) is 13.0 Å². The van der Waals surface area contributed by atoms with E-state index >= 15 is 0 Å². The van der Waals surface area contributed by atoms with Crippen LogP contribution in [0.3, 0.4) is 0 Å². The molecule has 3 heteroatoms. The molecular weight excluding hydrogens is 154 g/mol. The highest BCUT2D eigenvalue weighted by molar-refractivity contribution is 4.57. The molecule has 0 atom stereocenters. The summed E-state index contributed by atoms with van der Waals surface area (Å²) in [6.45, 7) is 11.3. The lowest BCUT2D eigenvalue weighted by Gasteiger charge is -1.93. The molecule has 0 bridgehead atoms. The van der Waals surface area contributed by atoms with Gasteiger partial charge in [0.05, 0.1) is 25.4 Å². The van der Waals surface area contributed by atoms with Crippen molar-refractivity contribution in [2.24, 2.45) is 5.73 Å². The predicted molar refractivity (Wildman–Crippen MR) is 51.3 cm³/mol. The summed E-state index contributed by atoms with van der Waals surface area (Å²) in [5.41, 5.74) is 5.15. The van der Waals surface area contributed by atoms with Crippen molar-refractivity contribution in [3.8, 4) is 0 Å². The summed E-state index contributed by atoms with van der Waals surface area (Å²) in [6, 6.07) is 0. The Kier molecular flexibility index (Phi) is 18.3. The Morgan fingerprint density at radius 2 is 1.67 bits per heavy atom. The average Bonchev–Trinajstić information content (AvgIpc) is 2.08. The van der Waals surface area contributed by atoms with Crippen LogP contribution in [0.2, 0.25) is 0 Å². The van der Waals surface area contributed by atoms with E-state index < -0.39 is 0 Å². The third kappa shape index (κ3) is 23.3. The molecule has 0 fully saturated rings. The quantitative estimate of drug-likeness (QED) is 0.489. The van der Waals surface area contributed by atoms with Crippen molar-refractivity contribution in [3.63, 3.8) is 0 Å². The summed E-state index contributed by atoms with van der Waals surface area (Å²) in [4.78, 5) is 0. The Morgan fingerprint density at radius 1 is 1.08 bits per heavy atom. The Morgan fingerprint density at radius 3 is 1.92 bits per heavy atom. The van der Waals surface area contributed by atoms with E-state index in [1.165, 1.54) is 18.8 Å². The smallest absolute Gasteiger partial charge is 0.0885 e. The number of hydrogen-bond acceptors (Lipinski definition) is 3. The SMILES string of the molecule is C=COC=C.C=COCCCN. The van der Waals surface area contributed by atoms with E-state index in [2.05, 4.69) is 24.5 Å². The van der Waals surface area contributed by atoms with E-state index in [9.17, 15) is 0 Å².